The zero-order chi connectivity index (χ0) is 12.8. The van der Waals surface area contributed by atoms with Gasteiger partial charge in [0, 0.05) is 12.6 Å². The number of ether oxygens (including phenoxy) is 1. The molecule has 17 heavy (non-hydrogen) atoms. The second kappa shape index (κ2) is 6.62. The lowest BCUT2D eigenvalue weighted by Gasteiger charge is -2.15. The van der Waals surface area contributed by atoms with E-state index in [9.17, 15) is 0 Å². The fourth-order valence-electron chi connectivity index (χ4n) is 1.56. The Morgan fingerprint density at radius 2 is 2.00 bits per heavy atom. The van der Waals surface area contributed by atoms with Crippen LogP contribution in [0.15, 0.2) is 18.2 Å². The molecule has 0 saturated carbocycles. The van der Waals surface area contributed by atoms with Gasteiger partial charge in [-0.2, -0.15) is 0 Å². The molecule has 0 aliphatic rings. The third-order valence-corrected chi connectivity index (χ3v) is 2.53. The molecular weight excluding hydrogens is 214 g/mol. The first kappa shape index (κ1) is 14.0. The average Bonchev–Trinajstić information content (AvgIpc) is 2.28. The van der Waals surface area contributed by atoms with Gasteiger partial charge in [-0.15, -0.1) is 0 Å². The molecule has 0 radical (unpaired) electrons. The number of hydrogen-bond donors (Lipinski definition) is 2. The molecule has 0 saturated heterocycles. The van der Waals surface area contributed by atoms with E-state index in [1.165, 1.54) is 5.56 Å². The van der Waals surface area contributed by atoms with Gasteiger partial charge in [0.15, 0.2) is 0 Å². The van der Waals surface area contributed by atoms with Crippen molar-refractivity contribution < 1.29 is 9.84 Å². The normalized spacial score (nSPS) is 12.8. The molecule has 1 atom stereocenters. The van der Waals surface area contributed by atoms with Gasteiger partial charge < -0.3 is 15.2 Å². The summed E-state index contributed by atoms with van der Waals surface area (Å²) in [6.07, 6.45) is 0.201. The Kier molecular flexibility index (Phi) is 5.45. The third-order valence-electron chi connectivity index (χ3n) is 2.53. The van der Waals surface area contributed by atoms with Gasteiger partial charge in [0.05, 0.1) is 12.7 Å². The number of aliphatic hydroxyl groups excluding tert-OH is 1. The van der Waals surface area contributed by atoms with Gasteiger partial charge in [0.2, 0.25) is 0 Å². The quantitative estimate of drug-likeness (QED) is 0.797. The van der Waals surface area contributed by atoms with Crippen LogP contribution in [0.2, 0.25) is 0 Å². The molecule has 1 aromatic carbocycles. The molecule has 2 N–H and O–H groups in total. The van der Waals surface area contributed by atoms with Gasteiger partial charge >= 0.3 is 0 Å². The molecule has 0 amide bonds. The van der Waals surface area contributed by atoms with Crippen LogP contribution in [-0.4, -0.2) is 23.9 Å². The minimum absolute atomic E-state index is 0.127. The summed E-state index contributed by atoms with van der Waals surface area (Å²) >= 11 is 0. The summed E-state index contributed by atoms with van der Waals surface area (Å²) in [5, 5.41) is 12.2. The van der Waals surface area contributed by atoms with Gasteiger partial charge in [0.1, 0.15) is 5.75 Å². The predicted octanol–water partition coefficient (Wildman–Crippen LogP) is 2.25. The van der Waals surface area contributed by atoms with Crippen molar-refractivity contribution in [1.82, 2.24) is 5.32 Å². The van der Waals surface area contributed by atoms with E-state index in [2.05, 4.69) is 24.4 Å². The summed E-state index contributed by atoms with van der Waals surface area (Å²) in [6, 6.07) is 6.31. The third kappa shape index (κ3) is 4.75. The van der Waals surface area contributed by atoms with Crippen LogP contribution in [-0.2, 0) is 6.54 Å². The lowest BCUT2D eigenvalue weighted by atomic mass is 10.1. The fourth-order valence-corrected chi connectivity index (χ4v) is 1.56. The molecule has 0 fully saturated rings. The summed E-state index contributed by atoms with van der Waals surface area (Å²) in [6.45, 7) is 8.99. The van der Waals surface area contributed by atoms with Crippen molar-refractivity contribution in [1.29, 1.82) is 0 Å². The standard InChI is InChI=1S/C14H23NO2/c1-10(2)17-14-6-5-13(7-11(14)3)8-15-12(4)9-16/h5-7,10,12,15-16H,8-9H2,1-4H3. The maximum Gasteiger partial charge on any atom is 0.122 e. The van der Waals surface area contributed by atoms with Crippen molar-refractivity contribution in [2.45, 2.75) is 46.4 Å². The summed E-state index contributed by atoms with van der Waals surface area (Å²) in [7, 11) is 0. The van der Waals surface area contributed by atoms with Crippen molar-refractivity contribution in [2.24, 2.45) is 0 Å². The van der Waals surface area contributed by atoms with Gasteiger partial charge in [-0.3, -0.25) is 0 Å². The molecule has 0 aliphatic heterocycles. The van der Waals surface area contributed by atoms with Crippen LogP contribution in [0.3, 0.4) is 0 Å². The second-order valence-corrected chi connectivity index (χ2v) is 4.73. The molecule has 1 aromatic rings. The molecule has 3 nitrogen and oxygen atoms in total. The zero-order valence-corrected chi connectivity index (χ0v) is 11.2. The first-order valence-electron chi connectivity index (χ1n) is 6.13. The van der Waals surface area contributed by atoms with Crippen molar-refractivity contribution >= 4 is 0 Å². The van der Waals surface area contributed by atoms with Crippen LogP contribution < -0.4 is 10.1 Å². The van der Waals surface area contributed by atoms with Crippen LogP contribution in [0.4, 0.5) is 0 Å². The predicted molar refractivity (Wildman–Crippen MR) is 70.3 cm³/mol. The van der Waals surface area contributed by atoms with E-state index in [0.717, 1.165) is 17.9 Å². The Morgan fingerprint density at radius 1 is 1.29 bits per heavy atom. The summed E-state index contributed by atoms with van der Waals surface area (Å²) < 4.78 is 5.69. The van der Waals surface area contributed by atoms with Crippen molar-refractivity contribution in [3.63, 3.8) is 0 Å². The maximum absolute atomic E-state index is 8.93. The maximum atomic E-state index is 8.93. The van der Waals surface area contributed by atoms with Crippen LogP contribution in [0.5, 0.6) is 5.75 Å². The molecular formula is C14H23NO2. The lowest BCUT2D eigenvalue weighted by Crippen LogP contribution is -2.28. The Balaban J connectivity index is 2.62. The highest BCUT2D eigenvalue weighted by Crippen LogP contribution is 2.20. The van der Waals surface area contributed by atoms with Crippen molar-refractivity contribution in [3.8, 4) is 5.75 Å². The number of hydrogen-bond acceptors (Lipinski definition) is 3. The van der Waals surface area contributed by atoms with E-state index < -0.39 is 0 Å². The Labute approximate surface area is 104 Å². The highest BCUT2D eigenvalue weighted by Gasteiger charge is 2.04. The van der Waals surface area contributed by atoms with E-state index in [0.29, 0.717) is 0 Å². The lowest BCUT2D eigenvalue weighted by molar-refractivity contribution is 0.240. The SMILES string of the molecule is Cc1cc(CNC(C)CO)ccc1OC(C)C. The number of rotatable bonds is 6. The fraction of sp³-hybridized carbons (Fsp3) is 0.571. The second-order valence-electron chi connectivity index (χ2n) is 4.73. The Bertz CT molecular complexity index is 350. The largest absolute Gasteiger partial charge is 0.491 e. The van der Waals surface area contributed by atoms with E-state index in [1.807, 2.05) is 26.8 Å². The number of aliphatic hydroxyl groups is 1. The van der Waals surface area contributed by atoms with Gasteiger partial charge in [-0.25, -0.2) is 0 Å². The molecule has 0 aliphatic carbocycles. The molecule has 96 valence electrons. The van der Waals surface area contributed by atoms with Crippen LogP contribution in [0, 0.1) is 6.92 Å². The minimum Gasteiger partial charge on any atom is -0.491 e. The highest BCUT2D eigenvalue weighted by atomic mass is 16.5. The zero-order valence-electron chi connectivity index (χ0n) is 11.2. The van der Waals surface area contributed by atoms with Gasteiger partial charge in [0.25, 0.3) is 0 Å². The van der Waals surface area contributed by atoms with E-state index in [-0.39, 0.29) is 18.8 Å². The van der Waals surface area contributed by atoms with Crippen molar-refractivity contribution in [2.75, 3.05) is 6.61 Å². The molecule has 1 rings (SSSR count). The average molecular weight is 237 g/mol. The molecule has 0 heterocycles. The topological polar surface area (TPSA) is 41.5 Å². The highest BCUT2D eigenvalue weighted by molar-refractivity contribution is 5.36. The van der Waals surface area contributed by atoms with Gasteiger partial charge in [-0.05, 0) is 44.9 Å². The van der Waals surface area contributed by atoms with E-state index in [1.54, 1.807) is 0 Å². The first-order valence-corrected chi connectivity index (χ1v) is 6.13. The summed E-state index contributed by atoms with van der Waals surface area (Å²) in [5.74, 6) is 0.943. The van der Waals surface area contributed by atoms with Gasteiger partial charge in [-0.1, -0.05) is 12.1 Å². The summed E-state index contributed by atoms with van der Waals surface area (Å²) in [4.78, 5) is 0. The molecule has 1 unspecified atom stereocenters. The molecule has 3 heteroatoms. The number of nitrogens with one attached hydrogen (secondary N) is 1. The smallest absolute Gasteiger partial charge is 0.122 e. The monoisotopic (exact) mass is 237 g/mol. The summed E-state index contributed by atoms with van der Waals surface area (Å²) in [5.41, 5.74) is 2.36. The van der Waals surface area contributed by atoms with Crippen LogP contribution >= 0.6 is 0 Å². The Hall–Kier alpha value is -1.06. The molecule has 0 spiro atoms. The molecule has 0 bridgehead atoms. The van der Waals surface area contributed by atoms with Crippen LogP contribution in [0.1, 0.15) is 31.9 Å². The minimum atomic E-state index is 0.127. The van der Waals surface area contributed by atoms with Crippen molar-refractivity contribution in [3.05, 3.63) is 29.3 Å². The van der Waals surface area contributed by atoms with E-state index in [4.69, 9.17) is 9.84 Å². The Morgan fingerprint density at radius 3 is 2.53 bits per heavy atom. The first-order chi connectivity index (χ1) is 8.02. The van der Waals surface area contributed by atoms with E-state index >= 15 is 0 Å². The van der Waals surface area contributed by atoms with Crippen LogP contribution in [0.25, 0.3) is 0 Å². The number of aryl methyl sites for hydroxylation is 1. The molecule has 0 aromatic heterocycles. The number of benzene rings is 1.